The van der Waals surface area contributed by atoms with Gasteiger partial charge in [0.2, 0.25) is 5.91 Å². The molecule has 166 valence electrons. The average molecular weight is 416 g/mol. The maximum Gasteiger partial charge on any atom is 0.239 e. The van der Waals surface area contributed by atoms with Crippen molar-refractivity contribution in [2.24, 2.45) is 10.4 Å². The van der Waals surface area contributed by atoms with Crippen molar-refractivity contribution in [2.75, 3.05) is 51.3 Å². The summed E-state index contributed by atoms with van der Waals surface area (Å²) in [6, 6.07) is 8.41. The Bertz CT molecular complexity index is 698. The molecule has 1 aliphatic carbocycles. The Hall–Kier alpha value is -2.28. The molecule has 1 saturated heterocycles. The van der Waals surface area contributed by atoms with Crippen molar-refractivity contribution in [1.82, 2.24) is 16.0 Å². The number of anilines is 1. The number of carbonyl (C=O) groups excluding carboxylic acids is 1. The van der Waals surface area contributed by atoms with Crippen LogP contribution in [0.5, 0.6) is 0 Å². The lowest BCUT2D eigenvalue weighted by Crippen LogP contribution is -2.47. The number of nitrogens with one attached hydrogen (secondary N) is 3. The minimum atomic E-state index is 0.0863. The van der Waals surface area contributed by atoms with E-state index in [2.05, 4.69) is 57.0 Å². The number of hydrogen-bond donors (Lipinski definition) is 3. The van der Waals surface area contributed by atoms with Gasteiger partial charge in [-0.1, -0.05) is 25.0 Å². The second-order valence-corrected chi connectivity index (χ2v) is 8.37. The maximum atomic E-state index is 11.6. The Labute approximate surface area is 180 Å². The van der Waals surface area contributed by atoms with Crippen molar-refractivity contribution in [3.05, 3.63) is 29.8 Å². The van der Waals surface area contributed by atoms with E-state index in [1.165, 1.54) is 31.2 Å². The van der Waals surface area contributed by atoms with Crippen LogP contribution < -0.4 is 20.9 Å². The van der Waals surface area contributed by atoms with Crippen LogP contribution in [-0.4, -0.2) is 58.3 Å². The van der Waals surface area contributed by atoms with Crippen molar-refractivity contribution in [3.8, 4) is 0 Å². The predicted molar refractivity (Wildman–Crippen MR) is 122 cm³/mol. The number of carbonyl (C=O) groups is 1. The molecule has 2 fully saturated rings. The maximum absolute atomic E-state index is 11.6. The van der Waals surface area contributed by atoms with E-state index in [4.69, 9.17) is 4.74 Å². The van der Waals surface area contributed by atoms with E-state index < -0.39 is 0 Å². The zero-order valence-corrected chi connectivity index (χ0v) is 18.5. The van der Waals surface area contributed by atoms with E-state index >= 15 is 0 Å². The van der Waals surface area contributed by atoms with Crippen LogP contribution in [0.15, 0.2) is 29.3 Å². The summed E-state index contributed by atoms with van der Waals surface area (Å²) in [5, 5.41) is 9.84. The molecule has 0 spiro atoms. The summed E-state index contributed by atoms with van der Waals surface area (Å²) in [5.74, 6) is 0.928. The third kappa shape index (κ3) is 6.36. The first-order valence-electron chi connectivity index (χ1n) is 11.3. The van der Waals surface area contributed by atoms with Crippen LogP contribution in [0, 0.1) is 5.41 Å². The Balaban J connectivity index is 1.47. The van der Waals surface area contributed by atoms with E-state index in [1.807, 2.05) is 7.05 Å². The van der Waals surface area contributed by atoms with Crippen LogP contribution in [-0.2, 0) is 16.1 Å². The van der Waals surface area contributed by atoms with E-state index in [0.717, 1.165) is 44.4 Å². The lowest BCUT2D eigenvalue weighted by Gasteiger charge is -2.30. The molecule has 0 unspecified atom stereocenters. The Morgan fingerprint density at radius 1 is 1.23 bits per heavy atom. The summed E-state index contributed by atoms with van der Waals surface area (Å²) < 4.78 is 5.62. The molecule has 1 aromatic carbocycles. The summed E-state index contributed by atoms with van der Waals surface area (Å²) >= 11 is 0. The number of piperazine rings is 1. The molecule has 1 aliphatic heterocycles. The fourth-order valence-corrected chi connectivity index (χ4v) is 4.43. The molecule has 7 nitrogen and oxygen atoms in total. The SMILES string of the molecule is CCOCCC1(CNC(=NC)NCc2ccc(N3CCNC(=O)C3)cc2)CCCC1. The van der Waals surface area contributed by atoms with Crippen LogP contribution >= 0.6 is 0 Å². The van der Waals surface area contributed by atoms with Gasteiger partial charge in [-0.25, -0.2) is 0 Å². The van der Waals surface area contributed by atoms with Crippen molar-refractivity contribution in [3.63, 3.8) is 0 Å². The van der Waals surface area contributed by atoms with Crippen LogP contribution in [0.25, 0.3) is 0 Å². The molecule has 1 saturated carbocycles. The van der Waals surface area contributed by atoms with Gasteiger partial charge in [-0.3, -0.25) is 9.79 Å². The smallest absolute Gasteiger partial charge is 0.239 e. The van der Waals surface area contributed by atoms with Gasteiger partial charge >= 0.3 is 0 Å². The zero-order valence-electron chi connectivity index (χ0n) is 18.5. The normalized spacial score (nSPS) is 18.9. The Kier molecular flexibility index (Phi) is 8.37. The Morgan fingerprint density at radius 2 is 2.00 bits per heavy atom. The number of guanidine groups is 1. The largest absolute Gasteiger partial charge is 0.382 e. The third-order valence-corrected chi connectivity index (χ3v) is 6.30. The Morgan fingerprint density at radius 3 is 2.67 bits per heavy atom. The molecule has 1 aromatic rings. The summed E-state index contributed by atoms with van der Waals surface area (Å²) in [6.45, 7) is 7.33. The quantitative estimate of drug-likeness (QED) is 0.328. The second kappa shape index (κ2) is 11.2. The van der Waals surface area contributed by atoms with Crippen LogP contribution in [0.1, 0.15) is 44.6 Å². The van der Waals surface area contributed by atoms with Crippen LogP contribution in [0.2, 0.25) is 0 Å². The van der Waals surface area contributed by atoms with Gasteiger partial charge < -0.3 is 25.6 Å². The molecular weight excluding hydrogens is 378 g/mol. The molecule has 1 heterocycles. The molecule has 30 heavy (non-hydrogen) atoms. The van der Waals surface area contributed by atoms with E-state index in [1.54, 1.807) is 0 Å². The van der Waals surface area contributed by atoms with Gasteiger partial charge in [-0.05, 0) is 49.3 Å². The van der Waals surface area contributed by atoms with Gasteiger partial charge in [0.25, 0.3) is 0 Å². The minimum Gasteiger partial charge on any atom is -0.382 e. The van der Waals surface area contributed by atoms with Gasteiger partial charge in [0, 0.05) is 52.1 Å². The molecular formula is C23H37N5O2. The number of benzene rings is 1. The van der Waals surface area contributed by atoms with Crippen molar-refractivity contribution < 1.29 is 9.53 Å². The molecule has 0 radical (unpaired) electrons. The highest BCUT2D eigenvalue weighted by atomic mass is 16.5. The standard InChI is InChI=1S/C23H37N5O2/c1-3-30-15-12-23(10-4-5-11-23)18-27-22(24-2)26-16-19-6-8-20(9-7-19)28-14-13-25-21(29)17-28/h6-9H,3-5,10-18H2,1-2H3,(H,25,29)(H2,24,26,27). The topological polar surface area (TPSA) is 78.0 Å². The number of rotatable bonds is 9. The molecule has 2 aliphatic rings. The van der Waals surface area contributed by atoms with Gasteiger partial charge in [-0.15, -0.1) is 0 Å². The molecule has 3 N–H and O–H groups in total. The second-order valence-electron chi connectivity index (χ2n) is 8.37. The predicted octanol–water partition coefficient (Wildman–Crippen LogP) is 2.27. The first-order chi connectivity index (χ1) is 14.6. The summed E-state index contributed by atoms with van der Waals surface area (Å²) in [4.78, 5) is 18.1. The molecule has 0 aromatic heterocycles. The molecule has 1 amide bonds. The van der Waals surface area contributed by atoms with Gasteiger partial charge in [0.05, 0.1) is 6.54 Å². The van der Waals surface area contributed by atoms with Gasteiger partial charge in [-0.2, -0.15) is 0 Å². The lowest BCUT2D eigenvalue weighted by molar-refractivity contribution is -0.120. The number of aliphatic imine (C=N–C) groups is 1. The first kappa shape index (κ1) is 22.4. The van der Waals surface area contributed by atoms with Crippen LogP contribution in [0.4, 0.5) is 5.69 Å². The molecule has 3 rings (SSSR count). The van der Waals surface area contributed by atoms with Crippen LogP contribution in [0.3, 0.4) is 0 Å². The highest BCUT2D eigenvalue weighted by molar-refractivity contribution is 5.82. The molecule has 0 atom stereocenters. The lowest BCUT2D eigenvalue weighted by atomic mass is 9.83. The van der Waals surface area contributed by atoms with E-state index in [9.17, 15) is 4.79 Å². The number of ether oxygens (including phenoxy) is 1. The average Bonchev–Trinajstić information content (AvgIpc) is 3.23. The monoisotopic (exact) mass is 415 g/mol. The minimum absolute atomic E-state index is 0.0863. The summed E-state index contributed by atoms with van der Waals surface area (Å²) in [7, 11) is 1.82. The fraction of sp³-hybridized carbons (Fsp3) is 0.652. The molecule has 7 heteroatoms. The highest BCUT2D eigenvalue weighted by Gasteiger charge is 2.33. The number of hydrogen-bond acceptors (Lipinski definition) is 4. The van der Waals surface area contributed by atoms with Gasteiger partial charge in [0.1, 0.15) is 0 Å². The number of nitrogens with zero attached hydrogens (tertiary/aromatic N) is 2. The van der Waals surface area contributed by atoms with Crippen molar-refractivity contribution in [1.29, 1.82) is 0 Å². The van der Waals surface area contributed by atoms with Crippen molar-refractivity contribution in [2.45, 2.75) is 45.6 Å². The van der Waals surface area contributed by atoms with E-state index in [-0.39, 0.29) is 5.91 Å². The number of amides is 1. The fourth-order valence-electron chi connectivity index (χ4n) is 4.43. The summed E-state index contributed by atoms with van der Waals surface area (Å²) in [5.41, 5.74) is 2.61. The molecule has 0 bridgehead atoms. The highest BCUT2D eigenvalue weighted by Crippen LogP contribution is 2.40. The first-order valence-corrected chi connectivity index (χ1v) is 11.3. The van der Waals surface area contributed by atoms with E-state index in [0.29, 0.717) is 25.0 Å². The summed E-state index contributed by atoms with van der Waals surface area (Å²) in [6.07, 6.45) is 6.26. The third-order valence-electron chi connectivity index (χ3n) is 6.30. The van der Waals surface area contributed by atoms with Crippen molar-refractivity contribution >= 4 is 17.6 Å². The van der Waals surface area contributed by atoms with Gasteiger partial charge in [0.15, 0.2) is 5.96 Å². The zero-order chi connectivity index (χ0) is 21.2.